The van der Waals surface area contributed by atoms with Crippen LogP contribution in [0.4, 0.5) is 0 Å². The summed E-state index contributed by atoms with van der Waals surface area (Å²) in [6, 6.07) is 0. The zero-order chi connectivity index (χ0) is 20.2. The van der Waals surface area contributed by atoms with Gasteiger partial charge < -0.3 is 14.6 Å². The fourth-order valence-electron chi connectivity index (χ4n) is 3.07. The molecule has 0 aliphatic carbocycles. The summed E-state index contributed by atoms with van der Waals surface area (Å²) in [6.07, 6.45) is -1.33. The molecule has 27 heavy (non-hydrogen) atoms. The number of carbonyl (C=O) groups is 3. The molecule has 2 heterocycles. The summed E-state index contributed by atoms with van der Waals surface area (Å²) in [7, 11) is -5.52. The Kier molecular flexibility index (Phi) is 7.28. The number of methoxy groups -OCH3 is 1. The molecule has 0 bridgehead atoms. The monoisotopic (exact) mass is 429 g/mol. The Morgan fingerprint density at radius 2 is 1.81 bits per heavy atom. The van der Waals surface area contributed by atoms with Crippen LogP contribution in [0.15, 0.2) is 11.3 Å². The van der Waals surface area contributed by atoms with Gasteiger partial charge in [-0.3, -0.25) is 18.7 Å². The van der Waals surface area contributed by atoms with Gasteiger partial charge in [0.2, 0.25) is 0 Å². The third-order valence-electron chi connectivity index (χ3n) is 4.25. The number of hydrogen-bond acceptors (Lipinski definition) is 8. The summed E-state index contributed by atoms with van der Waals surface area (Å²) in [4.78, 5) is 36.8. The van der Waals surface area contributed by atoms with Crippen LogP contribution >= 0.6 is 0 Å². The zero-order valence-electron chi connectivity index (χ0n) is 16.0. The average molecular weight is 429 g/mol. The molecule has 4 atom stereocenters. The number of hydrogen-bond donors (Lipinski definition) is 0. The van der Waals surface area contributed by atoms with Gasteiger partial charge in [0.25, 0.3) is 5.91 Å². The van der Waals surface area contributed by atoms with Crippen LogP contribution in [0.1, 0.15) is 27.7 Å². The van der Waals surface area contributed by atoms with E-state index >= 15 is 0 Å². The molecule has 0 spiro atoms. The van der Waals surface area contributed by atoms with Crippen LogP contribution in [-0.4, -0.2) is 64.1 Å². The first-order valence-electron chi connectivity index (χ1n) is 7.68. The van der Waals surface area contributed by atoms with Crippen molar-refractivity contribution in [2.24, 2.45) is 5.41 Å². The summed E-state index contributed by atoms with van der Waals surface area (Å²) in [6.45, 7) is 6.06. The number of aliphatic carboxylic acids is 1. The summed E-state index contributed by atoms with van der Waals surface area (Å²) < 4.78 is 41.5. The smallest absolute Gasteiger partial charge is 0.549 e. The van der Waals surface area contributed by atoms with Crippen LogP contribution in [0.2, 0.25) is 0 Å². The normalized spacial score (nSPS) is 28.0. The number of ether oxygens (including phenoxy) is 1. The van der Waals surface area contributed by atoms with Gasteiger partial charge in [0.15, 0.2) is 31.7 Å². The van der Waals surface area contributed by atoms with Crippen molar-refractivity contribution < 1.29 is 66.4 Å². The van der Waals surface area contributed by atoms with E-state index in [1.165, 1.54) is 6.92 Å². The van der Waals surface area contributed by atoms with Gasteiger partial charge in [-0.1, -0.05) is 20.8 Å². The molecule has 2 unspecified atom stereocenters. The van der Waals surface area contributed by atoms with E-state index in [0.29, 0.717) is 0 Å². The van der Waals surface area contributed by atoms with Crippen LogP contribution in [0.5, 0.6) is 0 Å². The van der Waals surface area contributed by atoms with E-state index in [0.717, 1.165) is 12.0 Å². The van der Waals surface area contributed by atoms with Crippen LogP contribution in [0.3, 0.4) is 0 Å². The van der Waals surface area contributed by atoms with Gasteiger partial charge in [-0.2, -0.15) is 0 Å². The van der Waals surface area contributed by atoms with Crippen molar-refractivity contribution in [1.82, 2.24) is 4.90 Å². The van der Waals surface area contributed by atoms with E-state index in [9.17, 15) is 32.1 Å². The number of ketones is 1. The predicted octanol–water partition coefficient (Wildman–Crippen LogP) is -4.68. The number of rotatable bonds is 5. The van der Waals surface area contributed by atoms with E-state index < -0.39 is 65.5 Å². The topological polar surface area (TPSA) is 138 Å². The molecule has 12 heteroatoms. The molecule has 2 aliphatic heterocycles. The van der Waals surface area contributed by atoms with Gasteiger partial charge in [-0.05, 0) is 12.5 Å². The summed E-state index contributed by atoms with van der Waals surface area (Å²) in [5.74, 6) is -3.87. The first kappa shape index (κ1) is 24.4. The van der Waals surface area contributed by atoms with Crippen molar-refractivity contribution in [1.29, 1.82) is 0 Å². The molecule has 2 aliphatic rings. The molecule has 2 rings (SSSR count). The molecule has 0 saturated carbocycles. The first-order chi connectivity index (χ1) is 11.8. The van der Waals surface area contributed by atoms with Crippen molar-refractivity contribution in [3.8, 4) is 0 Å². The minimum atomic E-state index is -4.29. The van der Waals surface area contributed by atoms with Gasteiger partial charge in [-0.25, -0.2) is 8.42 Å². The summed E-state index contributed by atoms with van der Waals surface area (Å²) in [5.41, 5.74) is -1.21. The number of allylic oxidation sites excluding steroid dienone is 1. The molecule has 0 N–H and O–H groups in total. The Morgan fingerprint density at radius 3 is 2.22 bits per heavy atom. The molecule has 0 aromatic carbocycles. The average Bonchev–Trinajstić information content (AvgIpc) is 2.45. The third-order valence-corrected chi connectivity index (χ3v) is 9.13. The fourth-order valence-corrected chi connectivity index (χ4v) is 7.63. The minimum absolute atomic E-state index is 0. The summed E-state index contributed by atoms with van der Waals surface area (Å²) in [5, 5.41) is 9.29. The maximum atomic E-state index is 12.9. The number of carboxylic acids is 1. The number of nitrogens with zero attached hydrogens (tertiary/aromatic N) is 1. The molecular formula is C15H20NNaO8S2. The van der Waals surface area contributed by atoms with E-state index in [1.807, 2.05) is 0 Å². The Bertz CT molecular complexity index is 842. The minimum Gasteiger partial charge on any atom is -0.549 e. The number of amides is 1. The zero-order valence-corrected chi connectivity index (χ0v) is 19.6. The molecule has 0 aromatic rings. The maximum Gasteiger partial charge on any atom is 1.00 e. The summed E-state index contributed by atoms with van der Waals surface area (Å²) >= 11 is 0. The number of fused-ring (bicyclic) bond motifs is 1. The van der Waals surface area contributed by atoms with E-state index in [4.69, 9.17) is 4.74 Å². The van der Waals surface area contributed by atoms with Crippen LogP contribution in [0.25, 0.3) is 0 Å². The third kappa shape index (κ3) is 3.95. The van der Waals surface area contributed by atoms with Gasteiger partial charge >= 0.3 is 29.6 Å². The number of β-lactam (4-membered cyclic amide) rings is 1. The Labute approximate surface area is 182 Å². The standard InChI is InChI=1S/C15H21NO8S2.Na/c1-7-9(11(19)15(2,3)4)16-12(20)10(24-5)13(16)26(22,23)14(7)25(21)6-8(17)18;/h10,13-14H,6H2,1-5H3,(H,17,18);/q;+1/p-1/t10-,13+,14?,25?;/m0./s1. The molecular weight excluding hydrogens is 409 g/mol. The largest absolute Gasteiger partial charge is 1.00 e. The van der Waals surface area contributed by atoms with E-state index in [-0.39, 0.29) is 40.8 Å². The second-order valence-corrected chi connectivity index (χ2v) is 11.1. The number of carbonyl (C=O) groups excluding carboxylic acids is 3. The quantitative estimate of drug-likeness (QED) is 0.314. The number of carboxylic acid groups (broad SMARTS) is 1. The predicted molar refractivity (Wildman–Crippen MR) is 89.3 cm³/mol. The van der Waals surface area contributed by atoms with Crippen LogP contribution in [0, 0.1) is 5.41 Å². The van der Waals surface area contributed by atoms with Gasteiger partial charge in [0, 0.05) is 23.3 Å². The molecule has 0 aromatic heterocycles. The molecule has 1 fully saturated rings. The Balaban J connectivity index is 0.00000364. The molecule has 146 valence electrons. The van der Waals surface area contributed by atoms with Crippen molar-refractivity contribution >= 4 is 38.3 Å². The first-order valence-corrected chi connectivity index (χ1v) is 10.7. The van der Waals surface area contributed by atoms with E-state index in [2.05, 4.69) is 0 Å². The van der Waals surface area contributed by atoms with Crippen LogP contribution < -0.4 is 34.7 Å². The number of Topliss-reactive ketones (excluding diaryl/α,β-unsaturated/α-hetero) is 1. The molecule has 1 amide bonds. The van der Waals surface area contributed by atoms with Crippen molar-refractivity contribution in [2.45, 2.75) is 43.8 Å². The van der Waals surface area contributed by atoms with Crippen molar-refractivity contribution in [3.63, 3.8) is 0 Å². The molecule has 9 nitrogen and oxygen atoms in total. The van der Waals surface area contributed by atoms with Crippen LogP contribution in [-0.2, 0) is 39.8 Å². The maximum absolute atomic E-state index is 12.9. The second kappa shape index (κ2) is 8.03. The Hall–Kier alpha value is -0.590. The fraction of sp³-hybridized carbons (Fsp3) is 0.667. The van der Waals surface area contributed by atoms with Gasteiger partial charge in [-0.15, -0.1) is 0 Å². The second-order valence-electron chi connectivity index (χ2n) is 7.18. The molecule has 1 saturated heterocycles. The number of sulfone groups is 1. The van der Waals surface area contributed by atoms with Crippen molar-refractivity contribution in [2.75, 3.05) is 12.9 Å². The molecule has 0 radical (unpaired) electrons. The SMILES string of the molecule is CO[C@H]1C(=O)N2C(C(=O)C(C)(C)C)=C(C)C(S(=O)CC(=O)[O-])S(=O)(=O)[C@H]12.[Na+]. The van der Waals surface area contributed by atoms with E-state index in [1.54, 1.807) is 20.8 Å². The van der Waals surface area contributed by atoms with Crippen molar-refractivity contribution in [3.05, 3.63) is 11.3 Å². The van der Waals surface area contributed by atoms with Gasteiger partial charge in [0.1, 0.15) is 0 Å². The van der Waals surface area contributed by atoms with Gasteiger partial charge in [0.05, 0.1) is 17.4 Å². The Morgan fingerprint density at radius 1 is 1.30 bits per heavy atom.